The molecule has 5 heterocycles. The summed E-state index contributed by atoms with van der Waals surface area (Å²) < 4.78 is 44.0. The number of aromatic nitrogens is 6. The number of hydrazine groups is 2. The van der Waals surface area contributed by atoms with Crippen LogP contribution in [0.5, 0.6) is 5.75 Å². The van der Waals surface area contributed by atoms with Gasteiger partial charge in [-0.1, -0.05) is 0 Å². The smallest absolute Gasteiger partial charge is 0.270 e. The normalized spacial score (nSPS) is 17.7. The fraction of sp³-hybridized carbons (Fsp3) is 0.346. The number of halogens is 2. The van der Waals surface area contributed by atoms with Crippen molar-refractivity contribution in [2.24, 2.45) is 0 Å². The Bertz CT molecular complexity index is 1660. The van der Waals surface area contributed by atoms with Crippen molar-refractivity contribution < 1.29 is 23.0 Å². The number of imidazole rings is 1. The quantitative estimate of drug-likeness (QED) is 0.275. The van der Waals surface area contributed by atoms with Gasteiger partial charge in [0.05, 0.1) is 38.2 Å². The van der Waals surface area contributed by atoms with Crippen LogP contribution < -0.4 is 21.0 Å². The van der Waals surface area contributed by atoms with Crippen molar-refractivity contribution in [2.45, 2.75) is 37.5 Å². The molecule has 1 saturated carbocycles. The molecule has 3 aromatic heterocycles. The lowest BCUT2D eigenvalue weighted by Gasteiger charge is -2.34. The van der Waals surface area contributed by atoms with E-state index in [2.05, 4.69) is 31.8 Å². The first-order valence-electron chi connectivity index (χ1n) is 13.1. The number of alkyl halides is 1. The van der Waals surface area contributed by atoms with Crippen molar-refractivity contribution >= 4 is 11.6 Å². The number of nitrogens with zero attached hydrogens (tertiary/aromatic N) is 7. The first-order chi connectivity index (χ1) is 19.9. The van der Waals surface area contributed by atoms with Gasteiger partial charge in [-0.05, 0) is 52.9 Å². The maximum atomic E-state index is 15.4. The summed E-state index contributed by atoms with van der Waals surface area (Å²) in [5, 5.41) is 15.4. The molecule has 2 fully saturated rings. The average Bonchev–Trinajstić information content (AvgIpc) is 3.30. The van der Waals surface area contributed by atoms with Gasteiger partial charge < -0.3 is 19.2 Å². The highest BCUT2D eigenvalue weighted by atomic mass is 19.1. The Labute approximate surface area is 232 Å². The summed E-state index contributed by atoms with van der Waals surface area (Å²) in [6.45, 7) is 0.194. The van der Waals surface area contributed by atoms with E-state index in [9.17, 15) is 4.79 Å². The summed E-state index contributed by atoms with van der Waals surface area (Å²) in [7, 11) is 1.36. The zero-order chi connectivity index (χ0) is 28.1. The van der Waals surface area contributed by atoms with Crippen LogP contribution in [0.4, 0.5) is 8.78 Å². The lowest BCUT2D eigenvalue weighted by Crippen LogP contribution is -2.43. The first kappa shape index (κ1) is 25.3. The number of fused-ring (bicyclic) bond motifs is 1. The van der Waals surface area contributed by atoms with E-state index in [4.69, 9.17) is 14.5 Å². The molecule has 1 aliphatic carbocycles. The molecule has 13 nitrogen and oxygen atoms in total. The van der Waals surface area contributed by atoms with Gasteiger partial charge in [-0.2, -0.15) is 0 Å². The van der Waals surface area contributed by atoms with E-state index in [1.165, 1.54) is 24.2 Å². The molecule has 3 aliphatic rings. The number of carbonyl (C=O) groups is 1. The molecule has 1 saturated heterocycles. The number of benzene rings is 1. The van der Waals surface area contributed by atoms with Crippen molar-refractivity contribution in [3.63, 3.8) is 0 Å². The minimum atomic E-state index is -1.54. The van der Waals surface area contributed by atoms with Gasteiger partial charge in [-0.15, -0.1) is 10.6 Å². The van der Waals surface area contributed by atoms with E-state index in [1.807, 2.05) is 22.9 Å². The van der Waals surface area contributed by atoms with Crippen molar-refractivity contribution in [1.82, 2.24) is 50.9 Å². The molecule has 41 heavy (non-hydrogen) atoms. The third-order valence-electron chi connectivity index (χ3n) is 7.44. The summed E-state index contributed by atoms with van der Waals surface area (Å²) in [6.07, 6.45) is 9.00. The van der Waals surface area contributed by atoms with Crippen LogP contribution in [0.15, 0.2) is 48.8 Å². The topological polar surface area (TPSA) is 136 Å². The molecule has 4 aromatic rings. The number of hydrogen-bond donors (Lipinski definition) is 3. The summed E-state index contributed by atoms with van der Waals surface area (Å²) in [4.78, 5) is 17.6. The van der Waals surface area contributed by atoms with Gasteiger partial charge in [0.25, 0.3) is 5.91 Å². The molecule has 0 bridgehead atoms. The Kier molecular flexibility index (Phi) is 6.04. The summed E-state index contributed by atoms with van der Waals surface area (Å²) >= 11 is 0. The molecule has 0 unspecified atom stereocenters. The Hall–Kier alpha value is -4.63. The van der Waals surface area contributed by atoms with E-state index in [0.29, 0.717) is 35.1 Å². The van der Waals surface area contributed by atoms with Crippen LogP contribution >= 0.6 is 0 Å². The fourth-order valence-electron chi connectivity index (χ4n) is 5.05. The Morgan fingerprint density at radius 3 is 2.85 bits per heavy atom. The predicted octanol–water partition coefficient (Wildman–Crippen LogP) is 1.51. The van der Waals surface area contributed by atoms with Gasteiger partial charge in [0.1, 0.15) is 17.7 Å². The number of pyridine rings is 1. The standard InChI is InChI=1S/C26H26F2N10O3/c1-40-22-5-4-21(38-14-30-33-35-38)18(23(22)27)7-29-25(39)20-11-37(34-32-20)10-17-9-36-8-16(15-2-3-15)6-19(24(36)31-17)26(28)12-41-13-26/h4-6,8-9,11,14-15,32,34H,2-3,7,10,12-13H2,1H3,(H,29,39). The van der Waals surface area contributed by atoms with E-state index in [-0.39, 0.29) is 36.8 Å². The highest BCUT2D eigenvalue weighted by molar-refractivity contribution is 5.92. The molecular formula is C26H26F2N10O3. The third-order valence-corrected chi connectivity index (χ3v) is 7.44. The number of carbonyl (C=O) groups excluding carboxylic acids is 1. The number of tetrazole rings is 1. The molecule has 1 aromatic carbocycles. The largest absolute Gasteiger partial charge is 0.494 e. The molecule has 7 rings (SSSR count). The predicted molar refractivity (Wildman–Crippen MR) is 138 cm³/mol. The number of ether oxygens (including phenoxy) is 2. The van der Waals surface area contributed by atoms with Crippen molar-refractivity contribution in [3.8, 4) is 11.4 Å². The van der Waals surface area contributed by atoms with Gasteiger partial charge >= 0.3 is 0 Å². The Morgan fingerprint density at radius 1 is 1.29 bits per heavy atom. The molecule has 0 spiro atoms. The lowest BCUT2D eigenvalue weighted by molar-refractivity contribution is -0.134. The fourth-order valence-corrected chi connectivity index (χ4v) is 5.05. The average molecular weight is 565 g/mol. The molecule has 15 heteroatoms. The van der Waals surface area contributed by atoms with Crippen LogP contribution in [0.2, 0.25) is 0 Å². The van der Waals surface area contributed by atoms with Crippen LogP contribution in [0.1, 0.15) is 41.1 Å². The monoisotopic (exact) mass is 564 g/mol. The zero-order valence-electron chi connectivity index (χ0n) is 22.0. The maximum absolute atomic E-state index is 15.4. The van der Waals surface area contributed by atoms with Crippen LogP contribution in [-0.2, 0) is 28.3 Å². The summed E-state index contributed by atoms with van der Waals surface area (Å²) in [6, 6.07) is 5.00. The number of methoxy groups -OCH3 is 1. The van der Waals surface area contributed by atoms with Crippen molar-refractivity contribution in [2.75, 3.05) is 20.3 Å². The summed E-state index contributed by atoms with van der Waals surface area (Å²) in [5.74, 6) is -0.619. The second-order valence-corrected chi connectivity index (χ2v) is 10.3. The highest BCUT2D eigenvalue weighted by Gasteiger charge is 2.43. The molecule has 0 radical (unpaired) electrons. The molecule has 212 valence electrons. The maximum Gasteiger partial charge on any atom is 0.270 e. The molecule has 1 amide bonds. The number of amides is 1. The zero-order valence-corrected chi connectivity index (χ0v) is 22.0. The van der Waals surface area contributed by atoms with Crippen LogP contribution in [0.3, 0.4) is 0 Å². The second-order valence-electron chi connectivity index (χ2n) is 10.3. The molecule has 0 atom stereocenters. The highest BCUT2D eigenvalue weighted by Crippen LogP contribution is 2.43. The SMILES string of the molecule is COc1ccc(-n2cnnn2)c(CNC(=O)C2=CN(Cc3cn4cc(C5CC5)cc(C5(F)COC5)c4n3)NN2)c1F. The van der Waals surface area contributed by atoms with Crippen LogP contribution in [-0.4, -0.2) is 60.8 Å². The second kappa shape index (κ2) is 9.78. The minimum absolute atomic E-state index is 0.0225. The van der Waals surface area contributed by atoms with Crippen LogP contribution in [0, 0.1) is 5.82 Å². The van der Waals surface area contributed by atoms with E-state index < -0.39 is 17.4 Å². The molecular weight excluding hydrogens is 538 g/mol. The minimum Gasteiger partial charge on any atom is -0.494 e. The number of nitrogens with one attached hydrogen (secondary N) is 3. The van der Waals surface area contributed by atoms with Gasteiger partial charge in [0, 0.05) is 36.3 Å². The Balaban J connectivity index is 1.07. The van der Waals surface area contributed by atoms with E-state index in [1.54, 1.807) is 17.3 Å². The van der Waals surface area contributed by atoms with Gasteiger partial charge in [-0.25, -0.2) is 18.4 Å². The van der Waals surface area contributed by atoms with Gasteiger partial charge in [0.15, 0.2) is 17.2 Å². The van der Waals surface area contributed by atoms with Crippen molar-refractivity contribution in [3.05, 3.63) is 77.0 Å². The lowest BCUT2D eigenvalue weighted by atomic mass is 9.93. The number of rotatable bonds is 9. The first-order valence-corrected chi connectivity index (χ1v) is 13.1. The number of hydrogen-bond acceptors (Lipinski definition) is 10. The third kappa shape index (κ3) is 4.62. The molecule has 2 aliphatic heterocycles. The van der Waals surface area contributed by atoms with Gasteiger partial charge in [0.2, 0.25) is 0 Å². The van der Waals surface area contributed by atoms with E-state index >= 15 is 8.78 Å². The summed E-state index contributed by atoms with van der Waals surface area (Å²) in [5.41, 5.74) is 7.82. The van der Waals surface area contributed by atoms with E-state index in [0.717, 1.165) is 18.4 Å². The Morgan fingerprint density at radius 2 is 2.15 bits per heavy atom. The van der Waals surface area contributed by atoms with Gasteiger partial charge in [-0.3, -0.25) is 15.2 Å². The molecule has 3 N–H and O–H groups in total. The van der Waals surface area contributed by atoms with Crippen LogP contribution in [0.25, 0.3) is 11.3 Å². The van der Waals surface area contributed by atoms with Crippen molar-refractivity contribution in [1.29, 1.82) is 0 Å².